The third-order valence-electron chi connectivity index (χ3n) is 0.496. The third-order valence-corrected chi connectivity index (χ3v) is 0.496. The van der Waals surface area contributed by atoms with Crippen LogP contribution in [0.15, 0.2) is 0 Å². The van der Waals surface area contributed by atoms with Crippen LogP contribution in [0.1, 0.15) is 13.8 Å². The topological polar surface area (TPSA) is 34.1 Å². The molecule has 0 aromatic rings. The van der Waals surface area contributed by atoms with Crippen LogP contribution >= 0.6 is 0 Å². The molecule has 0 bridgehead atoms. The largest absolute Gasteiger partial charge is 1.00 e. The summed E-state index contributed by atoms with van der Waals surface area (Å²) < 4.78 is 0. The van der Waals surface area contributed by atoms with Gasteiger partial charge in [-0.05, 0) is 0 Å². The zero-order valence-electron chi connectivity index (χ0n) is 4.82. The molecule has 0 fully saturated rings. The molecule has 0 saturated heterocycles. The van der Waals surface area contributed by atoms with E-state index in [0.29, 0.717) is 0 Å². The molecule has 0 saturated carbocycles. The van der Waals surface area contributed by atoms with Crippen molar-refractivity contribution in [1.82, 2.24) is 0 Å². The number of rotatable bonds is 1. The molecule has 0 amide bonds. The fraction of sp³-hybridized carbons (Fsp3) is 0.500. The van der Waals surface area contributed by atoms with Gasteiger partial charge in [0.15, 0.2) is 11.6 Å². The van der Waals surface area contributed by atoms with Gasteiger partial charge in [-0.15, -0.1) is 0 Å². The Hall–Kier alpha value is 0.976. The first kappa shape index (κ1) is 10.9. The molecule has 0 N–H and O–H groups in total. The summed E-state index contributed by atoms with van der Waals surface area (Å²) in [7, 11) is 0. The van der Waals surface area contributed by atoms with Crippen molar-refractivity contribution in [1.29, 1.82) is 0 Å². The summed E-state index contributed by atoms with van der Waals surface area (Å²) in [5.41, 5.74) is 0. The summed E-state index contributed by atoms with van der Waals surface area (Å²) >= 11 is 0. The molecule has 3 heteroatoms. The molecule has 34 valence electrons. The number of hydrogen-bond acceptors (Lipinski definition) is 2. The first-order chi connectivity index (χ1) is 2.64. The van der Waals surface area contributed by atoms with E-state index in [2.05, 4.69) is 0 Å². The van der Waals surface area contributed by atoms with Crippen molar-refractivity contribution in [2.24, 2.45) is 0 Å². The molecule has 0 aliphatic heterocycles. The van der Waals surface area contributed by atoms with Gasteiger partial charge in [0, 0.05) is 13.8 Å². The minimum atomic E-state index is -0.380. The van der Waals surface area contributed by atoms with Gasteiger partial charge in [0.1, 0.15) is 0 Å². The molecule has 2 nitrogen and oxygen atoms in total. The second-order valence-corrected chi connectivity index (χ2v) is 1.11. The van der Waals surface area contributed by atoms with E-state index in [-0.39, 0.29) is 63.0 Å². The van der Waals surface area contributed by atoms with Crippen LogP contribution in [-0.2, 0) is 9.59 Å². The van der Waals surface area contributed by atoms with E-state index < -0.39 is 0 Å². The Morgan fingerprint density at radius 3 is 1.14 bits per heavy atom. The van der Waals surface area contributed by atoms with Crippen molar-refractivity contribution in [3.63, 3.8) is 0 Å². The Morgan fingerprint density at radius 2 is 1.14 bits per heavy atom. The van der Waals surface area contributed by atoms with Gasteiger partial charge in [-0.2, -0.15) is 0 Å². The molecular weight excluding hydrogens is 119 g/mol. The summed E-state index contributed by atoms with van der Waals surface area (Å²) in [6, 6.07) is 0. The van der Waals surface area contributed by atoms with Gasteiger partial charge in [-0.25, -0.2) is 0 Å². The van der Waals surface area contributed by atoms with Crippen molar-refractivity contribution in [3.05, 3.63) is 0 Å². The average molecular weight is 125 g/mol. The van der Waals surface area contributed by atoms with E-state index in [9.17, 15) is 9.59 Å². The van der Waals surface area contributed by atoms with E-state index in [1.165, 1.54) is 13.8 Å². The molecule has 0 spiro atoms. The maximum absolute atomic E-state index is 9.79. The average Bonchev–Trinajstić information content (AvgIpc) is 1.36. The summed E-state index contributed by atoms with van der Waals surface area (Å²) in [5.74, 6) is -0.759. The first-order valence-corrected chi connectivity index (χ1v) is 1.66. The van der Waals surface area contributed by atoms with Crippen LogP contribution in [0.4, 0.5) is 0 Å². The van der Waals surface area contributed by atoms with Gasteiger partial charge >= 0.3 is 51.4 Å². The number of Topliss-reactive ketones (excluding diaryl/α,β-unsaturated/α-hetero) is 2. The fourth-order valence-corrected chi connectivity index (χ4v) is 0. The number of hydrogen-bond donors (Lipinski definition) is 0. The summed E-state index contributed by atoms with van der Waals surface area (Å²) in [4.78, 5) is 19.6. The van der Waals surface area contributed by atoms with E-state index in [0.717, 1.165) is 0 Å². The SMILES string of the molecule is CC(=O)C(C)=O.[K+]. The quantitative estimate of drug-likeness (QED) is 0.279. The Kier molecular flexibility index (Phi) is 7.95. The molecule has 0 aromatic carbocycles. The van der Waals surface area contributed by atoms with Crippen molar-refractivity contribution in [2.75, 3.05) is 0 Å². The molecule has 0 aliphatic carbocycles. The van der Waals surface area contributed by atoms with Crippen LogP contribution < -0.4 is 51.4 Å². The molecule has 0 heterocycles. The van der Waals surface area contributed by atoms with Crippen LogP contribution in [0.5, 0.6) is 0 Å². The zero-order chi connectivity index (χ0) is 5.15. The predicted octanol–water partition coefficient (Wildman–Crippen LogP) is -2.83. The molecule has 0 aromatic heterocycles. The third kappa shape index (κ3) is 6.98. The second-order valence-electron chi connectivity index (χ2n) is 1.11. The van der Waals surface area contributed by atoms with Crippen molar-refractivity contribution >= 4 is 11.6 Å². The van der Waals surface area contributed by atoms with Gasteiger partial charge in [0.2, 0.25) is 0 Å². The van der Waals surface area contributed by atoms with Crippen molar-refractivity contribution < 1.29 is 61.0 Å². The van der Waals surface area contributed by atoms with Gasteiger partial charge in [-0.1, -0.05) is 0 Å². The molecule has 0 radical (unpaired) electrons. The van der Waals surface area contributed by atoms with Crippen LogP contribution in [0, 0.1) is 0 Å². The van der Waals surface area contributed by atoms with Crippen molar-refractivity contribution in [2.45, 2.75) is 13.8 Å². The second kappa shape index (κ2) is 5.12. The maximum atomic E-state index is 9.79. The first-order valence-electron chi connectivity index (χ1n) is 1.66. The minimum absolute atomic E-state index is 0. The normalized spacial score (nSPS) is 6.57. The van der Waals surface area contributed by atoms with Gasteiger partial charge in [0.25, 0.3) is 0 Å². The fourth-order valence-electron chi connectivity index (χ4n) is 0. The molecule has 7 heavy (non-hydrogen) atoms. The standard InChI is InChI=1S/C4H6O2.K/c1-3(5)4(2)6;/h1-2H3;/q;+1. The van der Waals surface area contributed by atoms with Crippen molar-refractivity contribution in [3.8, 4) is 0 Å². The summed E-state index contributed by atoms with van der Waals surface area (Å²) in [5, 5.41) is 0. The van der Waals surface area contributed by atoms with Crippen LogP contribution in [0.2, 0.25) is 0 Å². The van der Waals surface area contributed by atoms with E-state index in [1.807, 2.05) is 0 Å². The van der Waals surface area contributed by atoms with E-state index >= 15 is 0 Å². The summed E-state index contributed by atoms with van der Waals surface area (Å²) in [6.07, 6.45) is 0. The number of carbonyl (C=O) groups is 2. The molecular formula is C4H6KO2+. The van der Waals surface area contributed by atoms with Crippen LogP contribution in [-0.4, -0.2) is 11.6 Å². The number of carbonyl (C=O) groups excluding carboxylic acids is 2. The molecule has 0 rings (SSSR count). The van der Waals surface area contributed by atoms with Crippen LogP contribution in [0.25, 0.3) is 0 Å². The summed E-state index contributed by atoms with van der Waals surface area (Å²) in [6.45, 7) is 2.50. The number of ketones is 2. The zero-order valence-corrected chi connectivity index (χ0v) is 7.94. The predicted molar refractivity (Wildman–Crippen MR) is 21.4 cm³/mol. The molecule has 0 atom stereocenters. The van der Waals surface area contributed by atoms with E-state index in [4.69, 9.17) is 0 Å². The van der Waals surface area contributed by atoms with Gasteiger partial charge in [0.05, 0.1) is 0 Å². The Bertz CT molecular complexity index is 75.7. The molecule has 0 aliphatic rings. The van der Waals surface area contributed by atoms with E-state index in [1.54, 1.807) is 0 Å². The monoisotopic (exact) mass is 125 g/mol. The Morgan fingerprint density at radius 1 is 1.00 bits per heavy atom. The van der Waals surface area contributed by atoms with Gasteiger partial charge < -0.3 is 0 Å². The Labute approximate surface area is 85.1 Å². The smallest absolute Gasteiger partial charge is 0.291 e. The van der Waals surface area contributed by atoms with Gasteiger partial charge in [-0.3, -0.25) is 9.59 Å². The Balaban J connectivity index is 0. The van der Waals surface area contributed by atoms with Crippen LogP contribution in [0.3, 0.4) is 0 Å². The maximum Gasteiger partial charge on any atom is 1.00 e. The minimum Gasteiger partial charge on any atom is -0.291 e. The molecule has 0 unspecified atom stereocenters.